The van der Waals surface area contributed by atoms with Gasteiger partial charge in [-0.05, 0) is 51.4 Å². The van der Waals surface area contributed by atoms with Gasteiger partial charge in [0.2, 0.25) is 0 Å². The van der Waals surface area contributed by atoms with Crippen LogP contribution < -0.4 is 0 Å². The zero-order chi connectivity index (χ0) is 34.5. The van der Waals surface area contributed by atoms with Gasteiger partial charge in [-0.2, -0.15) is 0 Å². The van der Waals surface area contributed by atoms with Gasteiger partial charge in [-0.15, -0.1) is 0 Å². The molecule has 0 spiro atoms. The quantitative estimate of drug-likeness (QED) is 0.0248. The smallest absolute Gasteiger partial charge is 0.457 e. The molecule has 0 saturated heterocycles. The van der Waals surface area contributed by atoms with Crippen LogP contribution in [0.2, 0.25) is 0 Å². The highest BCUT2D eigenvalue weighted by Crippen LogP contribution is 2.45. The molecule has 0 amide bonds. The van der Waals surface area contributed by atoms with Crippen LogP contribution in [0.15, 0.2) is 36.5 Å². The third kappa shape index (κ3) is 27.5. The molecule has 9 nitrogen and oxygen atoms in total. The van der Waals surface area contributed by atoms with Gasteiger partial charge in [0.15, 0.2) is 18.0 Å². The number of phosphoric ester groups is 1. The van der Waals surface area contributed by atoms with E-state index in [0.717, 1.165) is 64.2 Å². The first-order valence-electron chi connectivity index (χ1n) is 17.7. The van der Waals surface area contributed by atoms with Gasteiger partial charge in [0, 0.05) is 12.8 Å². The van der Waals surface area contributed by atoms with Crippen molar-refractivity contribution in [1.29, 1.82) is 0 Å². The van der Waals surface area contributed by atoms with Gasteiger partial charge in [-0.1, -0.05) is 102 Å². The van der Waals surface area contributed by atoms with Crippen molar-refractivity contribution in [1.82, 2.24) is 0 Å². The number of ether oxygens (including phenoxy) is 1. The lowest BCUT2D eigenvalue weighted by Crippen LogP contribution is -2.42. The van der Waals surface area contributed by atoms with Crippen LogP contribution in [0.25, 0.3) is 0 Å². The number of aliphatic hydroxyl groups is 1. The second kappa shape index (κ2) is 28.4. The molecule has 3 atom stereocenters. The summed E-state index contributed by atoms with van der Waals surface area (Å²) in [6.45, 7) is 4.02. The minimum absolute atomic E-state index is 0.0687. The minimum atomic E-state index is -4.66. The largest absolute Gasteiger partial charge is 0.473 e. The molecule has 2 N–H and O–H groups in total. The molecule has 0 aromatic heterocycles. The van der Waals surface area contributed by atoms with Crippen molar-refractivity contribution in [3.05, 3.63) is 36.5 Å². The number of hydrogen-bond acceptors (Lipinski definition) is 7. The Balaban J connectivity index is 4.81. The summed E-state index contributed by atoms with van der Waals surface area (Å²) in [4.78, 5) is 36.1. The number of quaternary nitrogens is 1. The second-order valence-electron chi connectivity index (χ2n) is 13.0. The van der Waals surface area contributed by atoms with Crippen LogP contribution in [0.1, 0.15) is 129 Å². The Morgan fingerprint density at radius 2 is 1.24 bits per heavy atom. The van der Waals surface area contributed by atoms with Gasteiger partial charge < -0.3 is 19.2 Å². The highest BCUT2D eigenvalue weighted by Gasteiger charge is 2.38. The topological polar surface area (TPSA) is 119 Å². The van der Waals surface area contributed by atoms with Crippen molar-refractivity contribution in [2.45, 2.75) is 142 Å². The summed E-state index contributed by atoms with van der Waals surface area (Å²) in [6, 6.07) is 0. The summed E-state index contributed by atoms with van der Waals surface area (Å²) in [5.74, 6) is -1.09. The van der Waals surface area contributed by atoms with Crippen LogP contribution in [-0.4, -0.2) is 79.3 Å². The van der Waals surface area contributed by atoms with E-state index in [-0.39, 0.29) is 19.4 Å². The molecule has 268 valence electrons. The number of allylic oxidation sites excluding steroid dienone is 6. The van der Waals surface area contributed by atoms with Gasteiger partial charge >= 0.3 is 13.8 Å². The molecule has 0 fully saturated rings. The van der Waals surface area contributed by atoms with Crippen molar-refractivity contribution >= 4 is 19.6 Å². The average Bonchev–Trinajstić information content (AvgIpc) is 2.99. The predicted octanol–water partition coefficient (Wildman–Crippen LogP) is 8.40. The highest BCUT2D eigenvalue weighted by molar-refractivity contribution is 7.47. The number of carbonyl (C=O) groups excluding carboxylic acids is 2. The van der Waals surface area contributed by atoms with Gasteiger partial charge in [0.25, 0.3) is 0 Å². The summed E-state index contributed by atoms with van der Waals surface area (Å²) in [6.07, 6.45) is 26.1. The number of carbonyl (C=O) groups is 2. The van der Waals surface area contributed by atoms with E-state index >= 15 is 0 Å². The zero-order valence-corrected chi connectivity index (χ0v) is 30.6. The maximum Gasteiger partial charge on any atom is 0.473 e. The van der Waals surface area contributed by atoms with Crippen LogP contribution in [0.3, 0.4) is 0 Å². The molecule has 10 heteroatoms. The molecule has 0 aromatic rings. The van der Waals surface area contributed by atoms with E-state index in [9.17, 15) is 24.2 Å². The molecule has 0 radical (unpaired) electrons. The number of rotatable bonds is 31. The van der Waals surface area contributed by atoms with E-state index in [1.165, 1.54) is 25.7 Å². The molecule has 0 heterocycles. The van der Waals surface area contributed by atoms with Crippen LogP contribution >= 0.6 is 7.82 Å². The Hall–Kier alpha value is -1.61. The molecule has 0 aliphatic rings. The number of phosphoric acid groups is 1. The third-order valence-electron chi connectivity index (χ3n) is 7.43. The van der Waals surface area contributed by atoms with Crippen molar-refractivity contribution < 1.29 is 42.4 Å². The van der Waals surface area contributed by atoms with Gasteiger partial charge in [-0.3, -0.25) is 18.6 Å². The van der Waals surface area contributed by atoms with E-state index in [4.69, 9.17) is 13.8 Å². The molecule has 0 aromatic carbocycles. The van der Waals surface area contributed by atoms with Crippen molar-refractivity contribution in [3.8, 4) is 0 Å². The van der Waals surface area contributed by atoms with E-state index in [1.54, 1.807) is 0 Å². The fourth-order valence-corrected chi connectivity index (χ4v) is 5.49. The van der Waals surface area contributed by atoms with E-state index in [2.05, 4.69) is 50.3 Å². The lowest BCUT2D eigenvalue weighted by molar-refractivity contribution is -0.870. The first-order chi connectivity index (χ1) is 22.0. The number of Topliss-reactive ketones (excluding diaryl/α,β-unsaturated/α-hetero) is 1. The number of esters is 1. The number of hydrogen-bond donors (Lipinski definition) is 2. The summed E-state index contributed by atoms with van der Waals surface area (Å²) in [5.41, 5.74) is 0. The maximum atomic E-state index is 13.1. The van der Waals surface area contributed by atoms with Crippen molar-refractivity contribution in [3.63, 3.8) is 0 Å². The molecular formula is C36H67NO8P+. The zero-order valence-electron chi connectivity index (χ0n) is 29.7. The monoisotopic (exact) mass is 672 g/mol. The Morgan fingerprint density at radius 1 is 0.739 bits per heavy atom. The van der Waals surface area contributed by atoms with Crippen LogP contribution in [0, 0.1) is 0 Å². The predicted molar refractivity (Wildman–Crippen MR) is 187 cm³/mol. The van der Waals surface area contributed by atoms with Crippen molar-refractivity contribution in [2.75, 3.05) is 40.9 Å². The maximum absolute atomic E-state index is 13.1. The number of ketones is 1. The number of nitrogens with zero attached hydrogens (tertiary/aromatic N) is 1. The Morgan fingerprint density at radius 3 is 1.80 bits per heavy atom. The van der Waals surface area contributed by atoms with E-state index in [0.29, 0.717) is 23.9 Å². The normalized spacial score (nSPS) is 15.1. The lowest BCUT2D eigenvalue weighted by atomic mass is 10.0. The van der Waals surface area contributed by atoms with Crippen LogP contribution in [0.5, 0.6) is 0 Å². The van der Waals surface area contributed by atoms with E-state index in [1.807, 2.05) is 21.1 Å². The van der Waals surface area contributed by atoms with E-state index < -0.39 is 38.4 Å². The third-order valence-corrected chi connectivity index (χ3v) is 8.43. The first-order valence-corrected chi connectivity index (χ1v) is 19.2. The first kappa shape index (κ1) is 44.4. The van der Waals surface area contributed by atoms with Crippen LogP contribution in [-0.2, 0) is 27.9 Å². The van der Waals surface area contributed by atoms with Gasteiger partial charge in [0.1, 0.15) is 13.2 Å². The summed E-state index contributed by atoms with van der Waals surface area (Å²) < 4.78 is 29.1. The standard InChI is InChI=1S/C36H66NO8P/c1-6-8-10-12-14-15-16-17-18-19-20-21-23-25-27-29-35(40)44-34(32-38)36(33(39)28-26-24-22-13-11-9-7-2)45-46(41,42)43-31-30-37(3,4)5/h14-15,17-18,20-21,34,36,38H,6-13,16,19,22-32H2,1-5H3/p+1/b15-14-,18-17-,21-20-/t34-,36?/m0/s1. The SMILES string of the molecule is CCCCC/C=C\C/C=C\C/C=C\CCCCC(=O)O[C@@H](CO)C(OP(=O)(O)OCC[N+](C)(C)C)C(=O)CCCCCCCCC. The molecule has 46 heavy (non-hydrogen) atoms. The van der Waals surface area contributed by atoms with Crippen LogP contribution in [0.4, 0.5) is 0 Å². The fraction of sp³-hybridized carbons (Fsp3) is 0.778. The molecular weight excluding hydrogens is 605 g/mol. The number of aliphatic hydroxyl groups excluding tert-OH is 1. The average molecular weight is 673 g/mol. The molecule has 2 unspecified atom stereocenters. The Labute approximate surface area is 280 Å². The molecule has 0 bridgehead atoms. The highest BCUT2D eigenvalue weighted by atomic mass is 31.2. The van der Waals surface area contributed by atoms with Gasteiger partial charge in [0.05, 0.1) is 27.7 Å². The summed E-state index contributed by atoms with van der Waals surface area (Å²) in [5, 5.41) is 10.0. The number of likely N-dealkylation sites (N-methyl/N-ethyl adjacent to an activating group) is 1. The molecule has 0 aliphatic heterocycles. The number of unbranched alkanes of at least 4 members (excludes halogenated alkanes) is 11. The summed E-state index contributed by atoms with van der Waals surface area (Å²) >= 11 is 0. The molecule has 0 aliphatic carbocycles. The molecule has 0 saturated carbocycles. The Kier molecular flexibility index (Phi) is 27.4. The minimum Gasteiger partial charge on any atom is -0.457 e. The fourth-order valence-electron chi connectivity index (χ4n) is 4.58. The lowest BCUT2D eigenvalue weighted by Gasteiger charge is -2.27. The van der Waals surface area contributed by atoms with Crippen molar-refractivity contribution in [2.24, 2.45) is 0 Å². The summed E-state index contributed by atoms with van der Waals surface area (Å²) in [7, 11) is 1.07. The molecule has 0 rings (SSSR count). The van der Waals surface area contributed by atoms with Gasteiger partial charge in [-0.25, -0.2) is 4.57 Å². The Bertz CT molecular complexity index is 912. The second-order valence-corrected chi connectivity index (χ2v) is 14.4.